The molecular formula is C20H18Cl2F2O6. The average molecular weight is 463 g/mol. The minimum atomic E-state index is -0.867. The molecule has 0 saturated heterocycles. The first-order valence-corrected chi connectivity index (χ1v) is 9.40. The quantitative estimate of drug-likeness (QED) is 0.627. The Morgan fingerprint density at radius 2 is 1.47 bits per heavy atom. The van der Waals surface area contributed by atoms with E-state index in [1.807, 2.05) is 0 Å². The number of halogens is 4. The molecule has 0 bridgehead atoms. The summed E-state index contributed by atoms with van der Waals surface area (Å²) in [5.41, 5.74) is -0.485. The van der Waals surface area contributed by atoms with Crippen LogP contribution in [0.5, 0.6) is 11.5 Å². The van der Waals surface area contributed by atoms with Crippen molar-refractivity contribution < 1.29 is 37.7 Å². The summed E-state index contributed by atoms with van der Waals surface area (Å²) in [5, 5.41) is 9.07. The molecule has 162 valence electrons. The maximum Gasteiger partial charge on any atom is 0.340 e. The van der Waals surface area contributed by atoms with Crippen molar-refractivity contribution in [2.75, 3.05) is 20.8 Å². The molecule has 0 radical (unpaired) electrons. The van der Waals surface area contributed by atoms with Gasteiger partial charge in [-0.1, -0.05) is 23.2 Å². The van der Waals surface area contributed by atoms with Crippen LogP contribution < -0.4 is 4.74 Å². The van der Waals surface area contributed by atoms with Gasteiger partial charge in [-0.15, -0.1) is 0 Å². The van der Waals surface area contributed by atoms with Gasteiger partial charge >= 0.3 is 11.9 Å². The zero-order valence-electron chi connectivity index (χ0n) is 16.0. The van der Waals surface area contributed by atoms with Gasteiger partial charge in [0.05, 0.1) is 42.0 Å². The third-order valence-corrected chi connectivity index (χ3v) is 4.64. The lowest BCUT2D eigenvalue weighted by molar-refractivity contribution is 0.0586. The van der Waals surface area contributed by atoms with Gasteiger partial charge in [-0.2, -0.15) is 0 Å². The van der Waals surface area contributed by atoms with E-state index in [0.29, 0.717) is 12.5 Å². The average Bonchev–Trinajstić information content (AvgIpc) is 3.55. The highest BCUT2D eigenvalue weighted by atomic mass is 35.5. The Bertz CT molecular complexity index is 947. The number of carbonyl (C=O) groups is 2. The van der Waals surface area contributed by atoms with Crippen LogP contribution in [0.25, 0.3) is 0 Å². The standard InChI is InChI=1S/C12H12ClFO3.C8H6ClFO3/c1-16-12(15)8-4-9(13)11(5-10(8)14)17-6-7-2-3-7;1-13-8(12)4-2-5(9)7(11)3-6(4)10/h4-5,7H,2-3,6H2,1H3;2-3,11H,1H3. The lowest BCUT2D eigenvalue weighted by atomic mass is 10.2. The molecule has 6 nitrogen and oxygen atoms in total. The van der Waals surface area contributed by atoms with Gasteiger partial charge in [0, 0.05) is 12.1 Å². The van der Waals surface area contributed by atoms with E-state index in [4.69, 9.17) is 33.0 Å². The molecule has 0 unspecified atom stereocenters. The molecule has 0 amide bonds. The Hall–Kier alpha value is -2.58. The van der Waals surface area contributed by atoms with Gasteiger partial charge in [0.1, 0.15) is 23.1 Å². The van der Waals surface area contributed by atoms with Crippen molar-refractivity contribution in [3.05, 3.63) is 57.1 Å². The van der Waals surface area contributed by atoms with Crippen molar-refractivity contribution in [1.82, 2.24) is 0 Å². The first kappa shape index (κ1) is 23.7. The Kier molecular flexibility index (Phi) is 8.25. The van der Waals surface area contributed by atoms with Crippen LogP contribution >= 0.6 is 23.2 Å². The van der Waals surface area contributed by atoms with Crippen molar-refractivity contribution in [2.45, 2.75) is 12.8 Å². The molecule has 3 rings (SSSR count). The Morgan fingerprint density at radius 1 is 0.967 bits per heavy atom. The van der Waals surface area contributed by atoms with Gasteiger partial charge in [-0.25, -0.2) is 18.4 Å². The van der Waals surface area contributed by atoms with Gasteiger partial charge in [-0.3, -0.25) is 0 Å². The van der Waals surface area contributed by atoms with Gasteiger partial charge in [0.15, 0.2) is 0 Å². The molecule has 0 heterocycles. The predicted molar refractivity (Wildman–Crippen MR) is 105 cm³/mol. The zero-order chi connectivity index (χ0) is 22.4. The molecule has 10 heteroatoms. The number of carbonyl (C=O) groups excluding carboxylic acids is 2. The second kappa shape index (κ2) is 10.4. The van der Waals surface area contributed by atoms with Gasteiger partial charge in [-0.05, 0) is 30.9 Å². The highest BCUT2D eigenvalue weighted by Gasteiger charge is 2.23. The SMILES string of the molecule is COC(=O)c1cc(Cl)c(O)cc1F.COC(=O)c1cc(Cl)c(OCC2CC2)cc1F. The molecule has 1 aliphatic rings. The van der Waals surface area contributed by atoms with Crippen LogP contribution in [0.3, 0.4) is 0 Å². The fourth-order valence-corrected chi connectivity index (χ4v) is 2.58. The van der Waals surface area contributed by atoms with E-state index in [1.165, 1.54) is 13.2 Å². The first-order chi connectivity index (χ1) is 14.2. The molecule has 0 atom stereocenters. The van der Waals surface area contributed by atoms with E-state index in [-0.39, 0.29) is 26.9 Å². The van der Waals surface area contributed by atoms with E-state index in [9.17, 15) is 18.4 Å². The van der Waals surface area contributed by atoms with Crippen LogP contribution in [-0.2, 0) is 9.47 Å². The summed E-state index contributed by atoms with van der Waals surface area (Å²) < 4.78 is 40.6. The molecule has 0 spiro atoms. The number of esters is 2. The minimum absolute atomic E-state index is 0.0956. The Labute approximate surface area is 181 Å². The molecule has 0 aliphatic heterocycles. The summed E-state index contributed by atoms with van der Waals surface area (Å²) in [5.74, 6) is -2.73. The maximum atomic E-state index is 13.6. The highest BCUT2D eigenvalue weighted by Crippen LogP contribution is 2.33. The second-order valence-corrected chi connectivity index (χ2v) is 7.10. The summed E-state index contributed by atoms with van der Waals surface area (Å²) in [6.45, 7) is 0.538. The summed E-state index contributed by atoms with van der Waals surface area (Å²) in [6.07, 6.45) is 2.28. The maximum absolute atomic E-state index is 13.6. The van der Waals surface area contributed by atoms with E-state index in [0.717, 1.165) is 38.2 Å². The number of aromatic hydroxyl groups is 1. The van der Waals surface area contributed by atoms with E-state index >= 15 is 0 Å². The molecule has 1 N–H and O–H groups in total. The van der Waals surface area contributed by atoms with Gasteiger partial charge < -0.3 is 19.3 Å². The van der Waals surface area contributed by atoms with E-state index < -0.39 is 29.3 Å². The molecule has 30 heavy (non-hydrogen) atoms. The normalized spacial score (nSPS) is 12.5. The molecule has 1 aliphatic carbocycles. The Balaban J connectivity index is 0.000000222. The highest BCUT2D eigenvalue weighted by molar-refractivity contribution is 6.32. The zero-order valence-corrected chi connectivity index (χ0v) is 17.5. The van der Waals surface area contributed by atoms with Gasteiger partial charge in [0.25, 0.3) is 0 Å². The third kappa shape index (κ3) is 6.21. The second-order valence-electron chi connectivity index (χ2n) is 6.28. The van der Waals surface area contributed by atoms with Crippen molar-refractivity contribution in [1.29, 1.82) is 0 Å². The fourth-order valence-electron chi connectivity index (χ4n) is 2.20. The molecule has 2 aromatic carbocycles. The van der Waals surface area contributed by atoms with Crippen LogP contribution in [0.2, 0.25) is 10.0 Å². The number of hydrogen-bond donors (Lipinski definition) is 1. The third-order valence-electron chi connectivity index (χ3n) is 4.04. The number of phenols is 1. The number of hydrogen-bond acceptors (Lipinski definition) is 6. The van der Waals surface area contributed by atoms with Crippen LogP contribution in [0, 0.1) is 17.6 Å². The Morgan fingerprint density at radius 3 is 1.97 bits per heavy atom. The van der Waals surface area contributed by atoms with Crippen molar-refractivity contribution in [2.24, 2.45) is 5.92 Å². The summed E-state index contributed by atoms with van der Waals surface area (Å²) >= 11 is 11.4. The molecule has 1 saturated carbocycles. The lowest BCUT2D eigenvalue weighted by Crippen LogP contribution is -2.06. The monoisotopic (exact) mass is 462 g/mol. The van der Waals surface area contributed by atoms with E-state index in [1.54, 1.807) is 0 Å². The first-order valence-electron chi connectivity index (χ1n) is 8.64. The van der Waals surface area contributed by atoms with E-state index in [2.05, 4.69) is 9.47 Å². The lowest BCUT2D eigenvalue weighted by Gasteiger charge is -2.09. The molecule has 0 aromatic heterocycles. The summed E-state index contributed by atoms with van der Waals surface area (Å²) in [7, 11) is 2.32. The number of rotatable bonds is 5. The molecule has 2 aromatic rings. The largest absolute Gasteiger partial charge is 0.506 e. The van der Waals surface area contributed by atoms with Gasteiger partial charge in [0.2, 0.25) is 0 Å². The smallest absolute Gasteiger partial charge is 0.340 e. The van der Waals surface area contributed by atoms with Crippen molar-refractivity contribution in [3.63, 3.8) is 0 Å². The number of ether oxygens (including phenoxy) is 3. The summed E-state index contributed by atoms with van der Waals surface area (Å²) in [6, 6.07) is 4.12. The van der Waals surface area contributed by atoms with Crippen LogP contribution in [0.4, 0.5) is 8.78 Å². The predicted octanol–water partition coefficient (Wildman–Crippen LogP) is 5.03. The molecular weight excluding hydrogens is 445 g/mol. The van der Waals surface area contributed by atoms with Crippen LogP contribution in [-0.4, -0.2) is 37.9 Å². The summed E-state index contributed by atoms with van der Waals surface area (Å²) in [4.78, 5) is 22.1. The minimum Gasteiger partial charge on any atom is -0.506 e. The van der Waals surface area contributed by atoms with Crippen molar-refractivity contribution >= 4 is 35.1 Å². The number of methoxy groups -OCH3 is 2. The van der Waals surface area contributed by atoms with Crippen molar-refractivity contribution in [3.8, 4) is 11.5 Å². The fraction of sp³-hybridized carbons (Fsp3) is 0.300. The molecule has 1 fully saturated rings. The number of phenolic OH excluding ortho intramolecular Hbond substituents is 1. The number of benzene rings is 2. The van der Waals surface area contributed by atoms with Crippen LogP contribution in [0.1, 0.15) is 33.6 Å². The topological polar surface area (TPSA) is 82.1 Å². The van der Waals surface area contributed by atoms with Crippen LogP contribution in [0.15, 0.2) is 24.3 Å².